The Bertz CT molecular complexity index is 602. The van der Waals surface area contributed by atoms with E-state index in [-0.39, 0.29) is 5.78 Å². The van der Waals surface area contributed by atoms with Crippen molar-refractivity contribution in [3.8, 4) is 0 Å². The van der Waals surface area contributed by atoms with Crippen molar-refractivity contribution in [3.05, 3.63) is 64.5 Å². The third-order valence-corrected chi connectivity index (χ3v) is 3.39. The molecule has 0 fully saturated rings. The second-order valence-electron chi connectivity index (χ2n) is 4.89. The molecule has 2 rings (SSSR count). The van der Waals surface area contributed by atoms with Crippen LogP contribution in [0.3, 0.4) is 0 Å². The van der Waals surface area contributed by atoms with E-state index in [4.69, 9.17) is 0 Å². The maximum atomic E-state index is 12.4. The lowest BCUT2D eigenvalue weighted by Gasteiger charge is -2.08. The molecule has 0 bridgehead atoms. The summed E-state index contributed by atoms with van der Waals surface area (Å²) in [5.74, 6) is 0.103. The van der Waals surface area contributed by atoms with E-state index in [2.05, 4.69) is 23.2 Å². The van der Waals surface area contributed by atoms with Gasteiger partial charge in [0.2, 0.25) is 0 Å². The maximum Gasteiger partial charge on any atom is 0.185 e. The molecule has 1 heterocycles. The Morgan fingerprint density at radius 3 is 2.68 bits per heavy atom. The third-order valence-electron chi connectivity index (χ3n) is 3.39. The molecular formula is C17H19NO. The van der Waals surface area contributed by atoms with Gasteiger partial charge >= 0.3 is 0 Å². The summed E-state index contributed by atoms with van der Waals surface area (Å²) >= 11 is 0. The number of Topliss-reactive ketones (excluding diaryl/α,β-unsaturated/α-hetero) is 1. The number of ketones is 1. The second-order valence-corrected chi connectivity index (χ2v) is 4.89. The molecule has 0 saturated carbocycles. The molecule has 0 aliphatic carbocycles. The molecule has 0 amide bonds. The Kier molecular flexibility index (Phi) is 4.10. The lowest BCUT2D eigenvalue weighted by Crippen LogP contribution is -2.10. The molecule has 2 heteroatoms. The van der Waals surface area contributed by atoms with Crippen LogP contribution in [0.15, 0.2) is 36.5 Å². The van der Waals surface area contributed by atoms with Gasteiger partial charge in [-0.2, -0.15) is 0 Å². The number of benzene rings is 1. The highest BCUT2D eigenvalue weighted by Gasteiger charge is 2.13. The van der Waals surface area contributed by atoms with Crippen molar-refractivity contribution in [1.29, 1.82) is 0 Å². The predicted octanol–water partition coefficient (Wildman–Crippen LogP) is 3.69. The van der Waals surface area contributed by atoms with Crippen molar-refractivity contribution in [3.63, 3.8) is 0 Å². The van der Waals surface area contributed by atoms with Crippen molar-refractivity contribution in [2.24, 2.45) is 0 Å². The van der Waals surface area contributed by atoms with Gasteiger partial charge in [-0.1, -0.05) is 36.8 Å². The summed E-state index contributed by atoms with van der Waals surface area (Å²) in [7, 11) is 0. The van der Waals surface area contributed by atoms with Crippen molar-refractivity contribution in [1.82, 2.24) is 4.98 Å². The highest BCUT2D eigenvalue weighted by Crippen LogP contribution is 2.15. The normalized spacial score (nSPS) is 10.5. The van der Waals surface area contributed by atoms with Crippen LogP contribution < -0.4 is 0 Å². The minimum absolute atomic E-state index is 0.103. The van der Waals surface area contributed by atoms with Crippen molar-refractivity contribution >= 4 is 5.78 Å². The van der Waals surface area contributed by atoms with Gasteiger partial charge in [-0.15, -0.1) is 0 Å². The van der Waals surface area contributed by atoms with Crippen LogP contribution in [0.25, 0.3) is 0 Å². The lowest BCUT2D eigenvalue weighted by molar-refractivity contribution is 0.0987. The van der Waals surface area contributed by atoms with E-state index >= 15 is 0 Å². The summed E-state index contributed by atoms with van der Waals surface area (Å²) in [6.07, 6.45) is 2.95. The number of aryl methyl sites for hydroxylation is 3. The Labute approximate surface area is 114 Å². The van der Waals surface area contributed by atoms with Gasteiger partial charge in [0.25, 0.3) is 0 Å². The molecule has 2 aromatic rings. The van der Waals surface area contributed by atoms with Gasteiger partial charge in [0, 0.05) is 12.6 Å². The maximum absolute atomic E-state index is 12.4. The largest absolute Gasteiger partial charge is 0.292 e. The average Bonchev–Trinajstić information content (AvgIpc) is 2.42. The third kappa shape index (κ3) is 3.08. The van der Waals surface area contributed by atoms with Gasteiger partial charge in [0.1, 0.15) is 5.69 Å². The van der Waals surface area contributed by atoms with Gasteiger partial charge in [-0.25, -0.2) is 0 Å². The topological polar surface area (TPSA) is 30.0 Å². The molecule has 0 saturated heterocycles. The molecule has 0 aliphatic heterocycles. The smallest absolute Gasteiger partial charge is 0.185 e. The van der Waals surface area contributed by atoms with E-state index in [0.717, 1.165) is 23.1 Å². The average molecular weight is 253 g/mol. The summed E-state index contributed by atoms with van der Waals surface area (Å²) in [6.45, 7) is 6.14. The summed E-state index contributed by atoms with van der Waals surface area (Å²) in [4.78, 5) is 16.6. The fourth-order valence-corrected chi connectivity index (χ4v) is 2.22. The molecule has 98 valence electrons. The number of aromatic nitrogens is 1. The minimum Gasteiger partial charge on any atom is -0.292 e. The molecule has 0 spiro atoms. The molecule has 0 aliphatic rings. The van der Waals surface area contributed by atoms with Crippen LogP contribution in [0.1, 0.15) is 39.7 Å². The van der Waals surface area contributed by atoms with Crippen LogP contribution in [-0.4, -0.2) is 10.8 Å². The molecule has 0 N–H and O–H groups in total. The Morgan fingerprint density at radius 1 is 1.16 bits per heavy atom. The monoisotopic (exact) mass is 253 g/mol. The molecule has 1 aromatic heterocycles. The highest BCUT2D eigenvalue weighted by molar-refractivity contribution is 5.97. The van der Waals surface area contributed by atoms with Gasteiger partial charge in [0.05, 0.1) is 0 Å². The van der Waals surface area contributed by atoms with Crippen molar-refractivity contribution in [2.45, 2.75) is 33.6 Å². The zero-order chi connectivity index (χ0) is 13.8. The minimum atomic E-state index is 0.103. The Morgan fingerprint density at radius 2 is 1.95 bits per heavy atom. The van der Waals surface area contributed by atoms with Gasteiger partial charge < -0.3 is 0 Å². The van der Waals surface area contributed by atoms with E-state index < -0.39 is 0 Å². The van der Waals surface area contributed by atoms with Crippen molar-refractivity contribution < 1.29 is 4.79 Å². The summed E-state index contributed by atoms with van der Waals surface area (Å²) in [5, 5.41) is 0. The van der Waals surface area contributed by atoms with Crippen LogP contribution in [0.4, 0.5) is 0 Å². The van der Waals surface area contributed by atoms with E-state index in [0.29, 0.717) is 12.1 Å². The first-order chi connectivity index (χ1) is 9.11. The number of carbonyl (C=O) groups is 1. The lowest BCUT2D eigenvalue weighted by atomic mass is 9.97. The fraction of sp³-hybridized carbons (Fsp3) is 0.294. The highest BCUT2D eigenvalue weighted by atomic mass is 16.1. The second kappa shape index (κ2) is 5.79. The summed E-state index contributed by atoms with van der Waals surface area (Å²) in [5.41, 5.74) is 5.08. The number of nitrogens with zero attached hydrogens (tertiary/aromatic N) is 1. The van der Waals surface area contributed by atoms with E-state index in [1.54, 1.807) is 6.20 Å². The van der Waals surface area contributed by atoms with E-state index in [1.165, 1.54) is 5.56 Å². The number of carbonyl (C=O) groups excluding carboxylic acids is 1. The van der Waals surface area contributed by atoms with Crippen LogP contribution in [-0.2, 0) is 12.8 Å². The van der Waals surface area contributed by atoms with Gasteiger partial charge in [-0.05, 0) is 43.0 Å². The molecule has 0 radical (unpaired) electrons. The number of hydrogen-bond donors (Lipinski definition) is 0. The zero-order valence-electron chi connectivity index (χ0n) is 11.7. The predicted molar refractivity (Wildman–Crippen MR) is 77.6 cm³/mol. The first kappa shape index (κ1) is 13.5. The molecule has 0 unspecified atom stereocenters. The molecular weight excluding hydrogens is 234 g/mol. The Balaban J connectivity index is 2.28. The number of rotatable bonds is 4. The SMILES string of the molecule is CCc1cccnc1C(=O)Cc1cc(C)ccc1C. The van der Waals surface area contributed by atoms with Crippen LogP contribution in [0.5, 0.6) is 0 Å². The summed E-state index contributed by atoms with van der Waals surface area (Å²) in [6, 6.07) is 10.1. The molecule has 0 atom stereocenters. The summed E-state index contributed by atoms with van der Waals surface area (Å²) < 4.78 is 0. The van der Waals surface area contributed by atoms with Crippen LogP contribution in [0.2, 0.25) is 0 Å². The standard InChI is InChI=1S/C17H19NO/c1-4-14-6-5-9-18-17(14)16(19)11-15-10-12(2)7-8-13(15)3/h5-10H,4,11H2,1-3H3. The quantitative estimate of drug-likeness (QED) is 0.778. The fourth-order valence-electron chi connectivity index (χ4n) is 2.22. The Hall–Kier alpha value is -1.96. The van der Waals surface area contributed by atoms with E-state index in [9.17, 15) is 4.79 Å². The van der Waals surface area contributed by atoms with Crippen molar-refractivity contribution in [2.75, 3.05) is 0 Å². The van der Waals surface area contributed by atoms with E-state index in [1.807, 2.05) is 32.9 Å². The molecule has 1 aromatic carbocycles. The molecule has 2 nitrogen and oxygen atoms in total. The van der Waals surface area contributed by atoms with Gasteiger partial charge in [0.15, 0.2) is 5.78 Å². The molecule has 19 heavy (non-hydrogen) atoms. The first-order valence-electron chi connectivity index (χ1n) is 6.65. The number of pyridine rings is 1. The number of hydrogen-bond acceptors (Lipinski definition) is 2. The zero-order valence-corrected chi connectivity index (χ0v) is 11.7. The van der Waals surface area contributed by atoms with Crippen LogP contribution in [0, 0.1) is 13.8 Å². The van der Waals surface area contributed by atoms with Gasteiger partial charge in [-0.3, -0.25) is 9.78 Å². The van der Waals surface area contributed by atoms with Crippen LogP contribution >= 0.6 is 0 Å². The first-order valence-corrected chi connectivity index (χ1v) is 6.65.